The van der Waals surface area contributed by atoms with Crippen molar-refractivity contribution in [1.82, 2.24) is 5.16 Å². The van der Waals surface area contributed by atoms with Crippen LogP contribution in [0.5, 0.6) is 0 Å². The zero-order valence-electron chi connectivity index (χ0n) is 8.97. The maximum Gasteiger partial charge on any atom is 0.341 e. The molecule has 0 saturated carbocycles. The van der Waals surface area contributed by atoms with E-state index in [-0.39, 0.29) is 17.0 Å². The molecule has 1 aromatic carbocycles. The van der Waals surface area contributed by atoms with Crippen molar-refractivity contribution >= 4 is 5.97 Å². The van der Waals surface area contributed by atoms with Gasteiger partial charge >= 0.3 is 5.97 Å². The minimum atomic E-state index is -1.08. The van der Waals surface area contributed by atoms with Gasteiger partial charge in [0.2, 0.25) is 0 Å². The van der Waals surface area contributed by atoms with Gasteiger partial charge in [-0.25, -0.2) is 4.79 Å². The molecule has 17 heavy (non-hydrogen) atoms. The average molecular weight is 228 g/mol. The third-order valence-electron chi connectivity index (χ3n) is 2.36. The molecule has 0 aliphatic heterocycles. The van der Waals surface area contributed by atoms with Crippen LogP contribution in [0.2, 0.25) is 0 Å². The van der Waals surface area contributed by atoms with Crippen molar-refractivity contribution in [2.45, 2.75) is 6.92 Å². The van der Waals surface area contributed by atoms with Gasteiger partial charge < -0.3 is 9.63 Å². The maximum atomic E-state index is 11.0. The van der Waals surface area contributed by atoms with Crippen LogP contribution < -0.4 is 0 Å². The van der Waals surface area contributed by atoms with Crippen LogP contribution in [0.15, 0.2) is 28.8 Å². The topological polar surface area (TPSA) is 87.1 Å². The molecule has 0 unspecified atom stereocenters. The fourth-order valence-electron chi connectivity index (χ4n) is 1.52. The number of carboxylic acid groups (broad SMARTS) is 1. The van der Waals surface area contributed by atoms with Crippen LogP contribution in [0.4, 0.5) is 0 Å². The van der Waals surface area contributed by atoms with Gasteiger partial charge in [0.05, 0.1) is 11.6 Å². The number of rotatable bonds is 2. The lowest BCUT2D eigenvalue weighted by Gasteiger charge is -1.98. The highest BCUT2D eigenvalue weighted by molar-refractivity contribution is 5.95. The molecule has 2 rings (SSSR count). The van der Waals surface area contributed by atoms with E-state index in [4.69, 9.17) is 14.9 Å². The maximum absolute atomic E-state index is 11.0. The number of hydrogen-bond donors (Lipinski definition) is 1. The minimum Gasteiger partial charge on any atom is -0.477 e. The van der Waals surface area contributed by atoms with Crippen LogP contribution in [0.3, 0.4) is 0 Å². The Balaban J connectivity index is 2.53. The fraction of sp³-hybridized carbons (Fsp3) is 0.0833. The second-order valence-corrected chi connectivity index (χ2v) is 3.46. The molecule has 5 nitrogen and oxygen atoms in total. The predicted octanol–water partition coefficient (Wildman–Crippen LogP) is 2.22. The van der Waals surface area contributed by atoms with Crippen molar-refractivity contribution in [3.05, 3.63) is 41.2 Å². The molecular weight excluding hydrogens is 220 g/mol. The Morgan fingerprint density at radius 2 is 2.06 bits per heavy atom. The van der Waals surface area contributed by atoms with Crippen molar-refractivity contribution < 1.29 is 14.4 Å². The Kier molecular flexibility index (Phi) is 2.63. The zero-order valence-corrected chi connectivity index (χ0v) is 8.97. The van der Waals surface area contributed by atoms with Gasteiger partial charge in [-0.05, 0) is 19.1 Å². The van der Waals surface area contributed by atoms with Crippen molar-refractivity contribution in [2.75, 3.05) is 0 Å². The zero-order chi connectivity index (χ0) is 12.4. The van der Waals surface area contributed by atoms with Crippen LogP contribution >= 0.6 is 0 Å². The van der Waals surface area contributed by atoms with Gasteiger partial charge in [0, 0.05) is 5.56 Å². The van der Waals surface area contributed by atoms with Gasteiger partial charge in [-0.2, -0.15) is 5.26 Å². The van der Waals surface area contributed by atoms with E-state index >= 15 is 0 Å². The molecule has 1 aromatic heterocycles. The molecule has 0 saturated heterocycles. The molecule has 0 aliphatic rings. The Hall–Kier alpha value is -2.61. The highest BCUT2D eigenvalue weighted by atomic mass is 16.5. The summed E-state index contributed by atoms with van der Waals surface area (Å²) in [5.74, 6) is -0.819. The molecule has 0 amide bonds. The third-order valence-corrected chi connectivity index (χ3v) is 2.36. The van der Waals surface area contributed by atoms with Crippen molar-refractivity contribution in [1.29, 1.82) is 5.26 Å². The second-order valence-electron chi connectivity index (χ2n) is 3.46. The summed E-state index contributed by atoms with van der Waals surface area (Å²) in [7, 11) is 0. The molecule has 1 N–H and O–H groups in total. The number of aromatic nitrogens is 1. The van der Waals surface area contributed by atoms with Crippen LogP contribution in [0, 0.1) is 18.3 Å². The Bertz CT molecular complexity index is 606. The number of aromatic carboxylic acids is 1. The van der Waals surface area contributed by atoms with E-state index in [1.807, 2.05) is 6.07 Å². The van der Waals surface area contributed by atoms with E-state index in [9.17, 15) is 4.79 Å². The van der Waals surface area contributed by atoms with E-state index in [0.717, 1.165) is 0 Å². The lowest BCUT2D eigenvalue weighted by molar-refractivity contribution is 0.0696. The van der Waals surface area contributed by atoms with Gasteiger partial charge in [0.1, 0.15) is 17.0 Å². The summed E-state index contributed by atoms with van der Waals surface area (Å²) in [5, 5.41) is 21.4. The number of nitriles is 1. The molecule has 0 bridgehead atoms. The molecule has 5 heteroatoms. The number of benzene rings is 1. The molecule has 0 atom stereocenters. The highest BCUT2D eigenvalue weighted by Gasteiger charge is 2.20. The van der Waals surface area contributed by atoms with E-state index < -0.39 is 5.97 Å². The summed E-state index contributed by atoms with van der Waals surface area (Å²) in [6.07, 6.45) is 0. The molecule has 0 spiro atoms. The van der Waals surface area contributed by atoms with Crippen molar-refractivity contribution in [3.63, 3.8) is 0 Å². The van der Waals surface area contributed by atoms with E-state index in [1.165, 1.54) is 0 Å². The molecule has 0 radical (unpaired) electrons. The van der Waals surface area contributed by atoms with Gasteiger partial charge in [0.15, 0.2) is 0 Å². The number of nitrogens with zero attached hydrogens (tertiary/aromatic N) is 2. The van der Waals surface area contributed by atoms with Crippen LogP contribution in [-0.4, -0.2) is 16.2 Å². The van der Waals surface area contributed by atoms with Crippen molar-refractivity contribution in [3.8, 4) is 17.3 Å². The third kappa shape index (κ3) is 1.88. The molecule has 0 aliphatic carbocycles. The minimum absolute atomic E-state index is 0.0507. The molecule has 2 aromatic rings. The highest BCUT2D eigenvalue weighted by Crippen LogP contribution is 2.25. The summed E-state index contributed by atoms with van der Waals surface area (Å²) in [6.45, 7) is 1.55. The van der Waals surface area contributed by atoms with Gasteiger partial charge in [-0.3, -0.25) is 0 Å². The summed E-state index contributed by atoms with van der Waals surface area (Å²) in [4.78, 5) is 11.0. The molecule has 84 valence electrons. The number of carboxylic acids is 1. The monoisotopic (exact) mass is 228 g/mol. The molecule has 1 heterocycles. The summed E-state index contributed by atoms with van der Waals surface area (Å²) < 4.78 is 4.87. The first-order valence-electron chi connectivity index (χ1n) is 4.83. The Labute approximate surface area is 96.9 Å². The second kappa shape index (κ2) is 4.10. The largest absolute Gasteiger partial charge is 0.477 e. The summed E-state index contributed by atoms with van der Waals surface area (Å²) in [5.41, 5.74) is 1.44. The number of hydrogen-bond acceptors (Lipinski definition) is 4. The first kappa shape index (κ1) is 10.9. The lowest BCUT2D eigenvalue weighted by atomic mass is 10.1. The van der Waals surface area contributed by atoms with Crippen molar-refractivity contribution in [2.24, 2.45) is 0 Å². The number of carbonyl (C=O) groups is 1. The number of aryl methyl sites for hydroxylation is 1. The van der Waals surface area contributed by atoms with Gasteiger partial charge in [0.25, 0.3) is 0 Å². The SMILES string of the molecule is Cc1onc(-c2ccc(C#N)cc2)c1C(=O)O. The fourth-order valence-corrected chi connectivity index (χ4v) is 1.52. The summed E-state index contributed by atoms with van der Waals surface area (Å²) >= 11 is 0. The van der Waals surface area contributed by atoms with Crippen LogP contribution in [0.25, 0.3) is 11.3 Å². The summed E-state index contributed by atoms with van der Waals surface area (Å²) in [6, 6.07) is 8.47. The standard InChI is InChI=1S/C12H8N2O3/c1-7-10(12(15)16)11(14-17-7)9-4-2-8(6-13)3-5-9/h2-5H,1H3,(H,15,16). The van der Waals surface area contributed by atoms with Gasteiger partial charge in [-0.15, -0.1) is 0 Å². The smallest absolute Gasteiger partial charge is 0.341 e. The Morgan fingerprint density at radius 1 is 1.41 bits per heavy atom. The molecular formula is C12H8N2O3. The van der Waals surface area contributed by atoms with Crippen LogP contribution in [-0.2, 0) is 0 Å². The van der Waals surface area contributed by atoms with E-state index in [0.29, 0.717) is 11.1 Å². The normalized spacial score (nSPS) is 9.88. The Morgan fingerprint density at radius 3 is 2.59 bits per heavy atom. The van der Waals surface area contributed by atoms with E-state index in [2.05, 4.69) is 5.16 Å². The van der Waals surface area contributed by atoms with Gasteiger partial charge in [-0.1, -0.05) is 17.3 Å². The van der Waals surface area contributed by atoms with E-state index in [1.54, 1.807) is 31.2 Å². The quantitative estimate of drug-likeness (QED) is 0.851. The average Bonchev–Trinajstić information content (AvgIpc) is 2.71. The first-order chi connectivity index (χ1) is 8.13. The predicted molar refractivity (Wildman–Crippen MR) is 58.4 cm³/mol. The molecule has 0 fully saturated rings. The first-order valence-corrected chi connectivity index (χ1v) is 4.83. The van der Waals surface area contributed by atoms with Crippen LogP contribution in [0.1, 0.15) is 21.7 Å². The lowest BCUT2D eigenvalue weighted by Crippen LogP contribution is -1.99.